The van der Waals surface area contributed by atoms with Crippen molar-refractivity contribution in [1.29, 1.82) is 0 Å². The van der Waals surface area contributed by atoms with Crippen molar-refractivity contribution in [2.75, 3.05) is 19.8 Å². The molecule has 0 radical (unpaired) electrons. The van der Waals surface area contributed by atoms with Crippen LogP contribution in [0.2, 0.25) is 0 Å². The number of nitrogens with one attached hydrogen (secondary N) is 1. The third-order valence-corrected chi connectivity index (χ3v) is 7.14. The Kier molecular flexibility index (Phi) is 10.7. The predicted molar refractivity (Wildman–Crippen MR) is 118 cm³/mol. The molecular formula is C18H35N3O16S. The Morgan fingerprint density at radius 2 is 1.18 bits per heavy atom. The fourth-order valence-electron chi connectivity index (χ4n) is 4.45. The average Bonchev–Trinajstić information content (AvgIpc) is 2.86. The number of nitrogens with two attached hydrogens (primary N) is 2. The summed E-state index contributed by atoms with van der Waals surface area (Å²) in [7, 11) is -5.06. The van der Waals surface area contributed by atoms with Crippen molar-refractivity contribution in [3.63, 3.8) is 0 Å². The zero-order valence-electron chi connectivity index (χ0n) is 19.7. The fourth-order valence-corrected chi connectivity index (χ4v) is 5.05. The van der Waals surface area contributed by atoms with E-state index in [-0.39, 0.29) is 0 Å². The van der Waals surface area contributed by atoms with Crippen LogP contribution in [0.25, 0.3) is 0 Å². The number of hydrogen-bond donors (Lipinski definition) is 12. The van der Waals surface area contributed by atoms with E-state index in [0.29, 0.717) is 0 Å². The molecule has 0 aromatic heterocycles. The van der Waals surface area contributed by atoms with E-state index in [9.17, 15) is 53.8 Å². The molecule has 0 amide bonds. The van der Waals surface area contributed by atoms with Gasteiger partial charge in [-0.25, -0.2) is 0 Å². The zero-order valence-corrected chi connectivity index (χ0v) is 20.5. The molecule has 20 heteroatoms. The lowest BCUT2D eigenvalue weighted by atomic mass is 9.94. The van der Waals surface area contributed by atoms with Gasteiger partial charge in [-0.3, -0.25) is 4.55 Å². The predicted octanol–water partition coefficient (Wildman–Crippen LogP) is -8.24. The fraction of sp³-hybridized carbons (Fsp3) is 1.00. The first kappa shape index (κ1) is 31.8. The Morgan fingerprint density at radius 1 is 0.684 bits per heavy atom. The van der Waals surface area contributed by atoms with E-state index < -0.39 is 122 Å². The first-order valence-corrected chi connectivity index (χ1v) is 12.9. The van der Waals surface area contributed by atoms with Gasteiger partial charge in [0.05, 0.1) is 31.9 Å². The van der Waals surface area contributed by atoms with Crippen LogP contribution in [-0.4, -0.2) is 166 Å². The SMILES string of the molecule is N[C@H]1[C@H](OC2[C@@H](CO)O[C@@H](OC3[C@@H](CO)O[C@@H](O)[C@H](N)[C@H]3O)[C@H](NS(=O)(=O)O)[C@H]2O)O[C@H](CO)[C@@H](O)[C@@H]1O. The summed E-state index contributed by atoms with van der Waals surface area (Å²) in [6.07, 6.45) is -19.6. The maximum Gasteiger partial charge on any atom is 0.333 e. The molecule has 0 bridgehead atoms. The molecule has 15 atom stereocenters. The van der Waals surface area contributed by atoms with Crippen LogP contribution in [0.15, 0.2) is 0 Å². The third kappa shape index (κ3) is 6.76. The van der Waals surface area contributed by atoms with Gasteiger partial charge in [0.1, 0.15) is 61.0 Å². The Bertz CT molecular complexity index is 869. The molecule has 2 unspecified atom stereocenters. The number of hydrogen-bond acceptors (Lipinski definition) is 17. The first-order chi connectivity index (χ1) is 17.7. The molecule has 19 nitrogen and oxygen atoms in total. The van der Waals surface area contributed by atoms with Crippen LogP contribution in [0.5, 0.6) is 0 Å². The van der Waals surface area contributed by atoms with Crippen molar-refractivity contribution in [3.8, 4) is 0 Å². The Labute approximate surface area is 216 Å². The zero-order chi connectivity index (χ0) is 28.5. The van der Waals surface area contributed by atoms with Crippen molar-refractivity contribution < 1.29 is 77.5 Å². The summed E-state index contributed by atoms with van der Waals surface area (Å²) in [6.45, 7) is -2.44. The Balaban J connectivity index is 1.87. The van der Waals surface area contributed by atoms with E-state index in [4.69, 9.17) is 35.2 Å². The highest BCUT2D eigenvalue weighted by molar-refractivity contribution is 7.83. The van der Waals surface area contributed by atoms with Crippen LogP contribution >= 0.6 is 0 Å². The van der Waals surface area contributed by atoms with Gasteiger partial charge in [0.15, 0.2) is 18.9 Å². The van der Waals surface area contributed by atoms with E-state index in [0.717, 1.165) is 0 Å². The van der Waals surface area contributed by atoms with Crippen LogP contribution < -0.4 is 16.2 Å². The molecule has 0 aliphatic carbocycles. The van der Waals surface area contributed by atoms with Crippen LogP contribution in [0.3, 0.4) is 0 Å². The monoisotopic (exact) mass is 581 g/mol. The highest BCUT2D eigenvalue weighted by Gasteiger charge is 2.53. The van der Waals surface area contributed by atoms with Gasteiger partial charge in [0.2, 0.25) is 0 Å². The van der Waals surface area contributed by atoms with Crippen molar-refractivity contribution in [2.24, 2.45) is 11.5 Å². The minimum Gasteiger partial charge on any atom is -0.394 e. The molecule has 224 valence electrons. The van der Waals surface area contributed by atoms with Crippen molar-refractivity contribution in [3.05, 3.63) is 0 Å². The molecule has 3 aliphatic rings. The molecule has 14 N–H and O–H groups in total. The van der Waals surface area contributed by atoms with Crippen LogP contribution in [0.1, 0.15) is 0 Å². The standard InChI is InChI=1S/C18H35N3O16S/c19-7-12(27)14(5(2-23)33-16(7)29)37-18-9(21-38(30,31)32)13(28)15(6(3-24)35-18)36-17-8(20)11(26)10(25)4(1-22)34-17/h4-18,21-29H,1-3,19-20H2,(H,30,31,32)/t4-,5-,6-,7-,8-,9-,10-,11-,12-,13-,14?,15?,16-,17+,18+/m1/s1. The Morgan fingerprint density at radius 3 is 1.74 bits per heavy atom. The minimum absolute atomic E-state index is 0.755. The lowest BCUT2D eigenvalue weighted by molar-refractivity contribution is -0.349. The third-order valence-electron chi connectivity index (χ3n) is 6.57. The Hall–Kier alpha value is -0.730. The highest BCUT2D eigenvalue weighted by Crippen LogP contribution is 2.32. The van der Waals surface area contributed by atoms with Gasteiger partial charge in [-0.1, -0.05) is 0 Å². The van der Waals surface area contributed by atoms with Gasteiger partial charge >= 0.3 is 10.3 Å². The normalized spacial score (nSPS) is 48.7. The molecule has 3 aliphatic heterocycles. The van der Waals surface area contributed by atoms with E-state index in [2.05, 4.69) is 0 Å². The lowest BCUT2D eigenvalue weighted by Crippen LogP contribution is -2.70. The summed E-state index contributed by atoms with van der Waals surface area (Å²) >= 11 is 0. The topological polar surface area (TPSA) is 326 Å². The smallest absolute Gasteiger partial charge is 0.333 e. The molecule has 3 fully saturated rings. The van der Waals surface area contributed by atoms with E-state index in [1.807, 2.05) is 0 Å². The minimum atomic E-state index is -5.06. The van der Waals surface area contributed by atoms with Crippen molar-refractivity contribution in [1.82, 2.24) is 4.72 Å². The largest absolute Gasteiger partial charge is 0.394 e. The van der Waals surface area contributed by atoms with E-state index in [1.165, 1.54) is 0 Å². The van der Waals surface area contributed by atoms with Gasteiger partial charge in [-0.05, 0) is 0 Å². The molecule has 38 heavy (non-hydrogen) atoms. The second kappa shape index (κ2) is 12.8. The summed E-state index contributed by atoms with van der Waals surface area (Å²) in [5, 5.41) is 80.3. The quantitative estimate of drug-likeness (QED) is 0.112. The van der Waals surface area contributed by atoms with Crippen LogP contribution in [0.4, 0.5) is 0 Å². The molecular weight excluding hydrogens is 546 g/mol. The summed E-state index contributed by atoms with van der Waals surface area (Å²) in [6, 6.07) is -4.77. The maximum absolute atomic E-state index is 11.7. The van der Waals surface area contributed by atoms with Gasteiger partial charge in [0, 0.05) is 0 Å². The molecule has 0 aromatic rings. The van der Waals surface area contributed by atoms with Crippen molar-refractivity contribution >= 4 is 10.3 Å². The molecule has 3 heterocycles. The van der Waals surface area contributed by atoms with Crippen molar-refractivity contribution in [2.45, 2.75) is 91.9 Å². The van der Waals surface area contributed by atoms with Gasteiger partial charge in [-0.2, -0.15) is 13.1 Å². The van der Waals surface area contributed by atoms with Gasteiger partial charge < -0.3 is 76.0 Å². The number of rotatable bonds is 9. The van der Waals surface area contributed by atoms with Crippen LogP contribution in [-0.2, 0) is 34.0 Å². The second-order valence-electron chi connectivity index (χ2n) is 9.14. The number of aliphatic hydroxyl groups excluding tert-OH is 8. The molecule has 3 saturated heterocycles. The summed E-state index contributed by atoms with van der Waals surface area (Å²) in [5.41, 5.74) is 11.5. The summed E-state index contributed by atoms with van der Waals surface area (Å²) < 4.78 is 61.5. The highest BCUT2D eigenvalue weighted by atomic mass is 32.2. The van der Waals surface area contributed by atoms with Crippen LogP contribution in [0, 0.1) is 0 Å². The molecule has 0 aromatic carbocycles. The average molecular weight is 582 g/mol. The summed E-state index contributed by atoms with van der Waals surface area (Å²) in [4.78, 5) is 0. The molecule has 0 spiro atoms. The molecule has 3 rings (SSSR count). The molecule has 0 saturated carbocycles. The first-order valence-electron chi connectivity index (χ1n) is 11.5. The second-order valence-corrected chi connectivity index (χ2v) is 10.3. The number of aliphatic hydroxyl groups is 8. The van der Waals surface area contributed by atoms with E-state index >= 15 is 0 Å². The lowest BCUT2D eigenvalue weighted by Gasteiger charge is -2.49. The van der Waals surface area contributed by atoms with Gasteiger partial charge in [-0.15, -0.1) is 0 Å². The van der Waals surface area contributed by atoms with Gasteiger partial charge in [0.25, 0.3) is 0 Å². The number of ether oxygens (including phenoxy) is 5. The maximum atomic E-state index is 11.7. The van der Waals surface area contributed by atoms with E-state index in [1.54, 1.807) is 4.72 Å². The summed E-state index contributed by atoms with van der Waals surface area (Å²) in [5.74, 6) is 0.